The number of benzene rings is 1. The van der Waals surface area contributed by atoms with E-state index >= 15 is 0 Å². The summed E-state index contributed by atoms with van der Waals surface area (Å²) in [6, 6.07) is 7.73. The Balaban J connectivity index is 2.02. The second-order valence-electron chi connectivity index (χ2n) is 4.84. The standard InChI is InChI=1S/C13H18O8S/c14-10-9(21-13(17)12(16)11(10)15)6-20-22(18,19)7-8-4-2-1-3-5-8/h1-5,9-17H,6-7H2/t9-,10-,11+,12-,13?/m1/s1/i7D/t7?,9-,10-,11+,12-,13?. The van der Waals surface area contributed by atoms with Gasteiger partial charge in [0.1, 0.15) is 30.1 Å². The van der Waals surface area contributed by atoms with Crippen LogP contribution in [0.2, 0.25) is 0 Å². The van der Waals surface area contributed by atoms with Crippen molar-refractivity contribution in [2.75, 3.05) is 6.61 Å². The largest absolute Gasteiger partial charge is 0.387 e. The van der Waals surface area contributed by atoms with E-state index in [1.807, 2.05) is 0 Å². The molecule has 0 saturated carbocycles. The Morgan fingerprint density at radius 3 is 2.36 bits per heavy atom. The lowest BCUT2D eigenvalue weighted by Crippen LogP contribution is -2.58. The normalized spacial score (nSPS) is 34.9. The topological polar surface area (TPSA) is 134 Å². The summed E-state index contributed by atoms with van der Waals surface area (Å²) in [6.07, 6.45) is -8.24. The molecule has 0 bridgehead atoms. The van der Waals surface area contributed by atoms with Crippen molar-refractivity contribution in [3.8, 4) is 0 Å². The third-order valence-electron chi connectivity index (χ3n) is 3.16. The van der Waals surface area contributed by atoms with E-state index in [0.717, 1.165) is 0 Å². The monoisotopic (exact) mass is 335 g/mol. The van der Waals surface area contributed by atoms with Gasteiger partial charge in [0.25, 0.3) is 10.1 Å². The molecule has 1 aliphatic rings. The van der Waals surface area contributed by atoms with Crippen LogP contribution in [0.1, 0.15) is 6.93 Å². The Bertz CT molecular complexity index is 610. The maximum absolute atomic E-state index is 12.0. The van der Waals surface area contributed by atoms with E-state index in [4.69, 9.17) is 6.11 Å². The van der Waals surface area contributed by atoms with Crippen molar-refractivity contribution in [2.45, 2.75) is 36.4 Å². The minimum absolute atomic E-state index is 0.202. The summed E-state index contributed by atoms with van der Waals surface area (Å²) in [5.74, 6) is 0. The molecule has 1 heterocycles. The second kappa shape index (κ2) is 7.01. The molecule has 8 nitrogen and oxygen atoms in total. The van der Waals surface area contributed by atoms with Crippen LogP contribution in [0.4, 0.5) is 0 Å². The maximum atomic E-state index is 12.0. The molecular weight excluding hydrogens is 316 g/mol. The van der Waals surface area contributed by atoms with Crippen LogP contribution in [-0.2, 0) is 24.8 Å². The summed E-state index contributed by atoms with van der Waals surface area (Å²) in [6.45, 7) is -0.716. The van der Waals surface area contributed by atoms with Gasteiger partial charge in [-0.3, -0.25) is 4.18 Å². The van der Waals surface area contributed by atoms with E-state index in [0.29, 0.717) is 0 Å². The van der Waals surface area contributed by atoms with Crippen molar-refractivity contribution in [1.82, 2.24) is 0 Å². The van der Waals surface area contributed by atoms with Gasteiger partial charge in [-0.25, -0.2) is 0 Å². The quantitative estimate of drug-likeness (QED) is 0.470. The van der Waals surface area contributed by atoms with Crippen LogP contribution in [-0.4, -0.2) is 66.2 Å². The smallest absolute Gasteiger partial charge is 0.271 e. The van der Waals surface area contributed by atoms with Gasteiger partial charge in [-0.2, -0.15) is 8.42 Å². The highest BCUT2D eigenvalue weighted by atomic mass is 32.2. The molecule has 1 saturated heterocycles. The van der Waals surface area contributed by atoms with E-state index in [-0.39, 0.29) is 5.56 Å². The molecule has 0 radical (unpaired) electrons. The van der Waals surface area contributed by atoms with Gasteiger partial charge >= 0.3 is 0 Å². The summed E-state index contributed by atoms with van der Waals surface area (Å²) in [5, 5.41) is 37.9. The first-order valence-electron chi connectivity index (χ1n) is 7.05. The van der Waals surface area contributed by atoms with Crippen molar-refractivity contribution in [3.05, 3.63) is 35.9 Å². The van der Waals surface area contributed by atoms with Crippen LogP contribution in [0.3, 0.4) is 0 Å². The van der Waals surface area contributed by atoms with Gasteiger partial charge in [-0.15, -0.1) is 0 Å². The van der Waals surface area contributed by atoms with Crippen LogP contribution in [0.5, 0.6) is 0 Å². The van der Waals surface area contributed by atoms with Crippen molar-refractivity contribution >= 4 is 10.1 Å². The Hall–Kier alpha value is -1.07. The molecule has 0 aromatic heterocycles. The van der Waals surface area contributed by atoms with Gasteiger partial charge in [0.2, 0.25) is 0 Å². The lowest BCUT2D eigenvalue weighted by Gasteiger charge is -2.37. The number of ether oxygens (including phenoxy) is 1. The molecular formula is C13H18O8S. The Labute approximate surface area is 129 Å². The van der Waals surface area contributed by atoms with Crippen molar-refractivity contribution in [1.29, 1.82) is 0 Å². The third kappa shape index (κ3) is 4.23. The van der Waals surface area contributed by atoms with E-state index in [9.17, 15) is 28.8 Å². The molecule has 1 aromatic rings. The molecule has 124 valence electrons. The molecule has 2 unspecified atom stereocenters. The molecule has 2 rings (SSSR count). The average molecular weight is 335 g/mol. The lowest BCUT2D eigenvalue weighted by atomic mass is 10.00. The zero-order valence-corrected chi connectivity index (χ0v) is 12.2. The molecule has 9 heteroatoms. The molecule has 6 atom stereocenters. The molecule has 1 aliphatic heterocycles. The minimum Gasteiger partial charge on any atom is -0.387 e. The Morgan fingerprint density at radius 2 is 1.73 bits per heavy atom. The number of aliphatic hydroxyl groups is 4. The highest BCUT2D eigenvalue weighted by molar-refractivity contribution is 7.85. The predicted molar refractivity (Wildman–Crippen MR) is 73.9 cm³/mol. The van der Waals surface area contributed by atoms with Crippen LogP contribution in [0.25, 0.3) is 0 Å². The van der Waals surface area contributed by atoms with Crippen LogP contribution in [0.15, 0.2) is 30.3 Å². The molecule has 0 spiro atoms. The summed E-state index contributed by atoms with van der Waals surface area (Å²) in [5.41, 5.74) is -1.49. The molecule has 4 N–H and O–H groups in total. The van der Waals surface area contributed by atoms with Gasteiger partial charge in [0.15, 0.2) is 6.29 Å². The SMILES string of the molecule is [2H]C(c1ccccc1)S(=O)(=O)OC[C@H]1OC(O)[C@H](O)[C@@H](O)[C@@H]1O. The van der Waals surface area contributed by atoms with E-state index in [1.54, 1.807) is 18.2 Å². The molecule has 0 amide bonds. The number of aliphatic hydroxyl groups excluding tert-OH is 4. The average Bonchev–Trinajstić information content (AvgIpc) is 2.55. The van der Waals surface area contributed by atoms with E-state index in [2.05, 4.69) is 4.18 Å². The zero-order valence-electron chi connectivity index (χ0n) is 12.4. The van der Waals surface area contributed by atoms with Gasteiger partial charge in [0.05, 0.1) is 7.98 Å². The van der Waals surface area contributed by atoms with Crippen molar-refractivity contribution in [2.24, 2.45) is 0 Å². The summed E-state index contributed by atoms with van der Waals surface area (Å²) in [4.78, 5) is 0. The van der Waals surface area contributed by atoms with Crippen molar-refractivity contribution in [3.63, 3.8) is 0 Å². The van der Waals surface area contributed by atoms with E-state index in [1.165, 1.54) is 12.1 Å². The summed E-state index contributed by atoms with van der Waals surface area (Å²) < 4.78 is 41.2. The fourth-order valence-electron chi connectivity index (χ4n) is 1.96. The van der Waals surface area contributed by atoms with Gasteiger partial charge in [0, 0.05) is 0 Å². The third-order valence-corrected chi connectivity index (χ3v) is 4.19. The van der Waals surface area contributed by atoms with Crippen LogP contribution >= 0.6 is 0 Å². The zero-order chi connectivity index (χ0) is 17.2. The Kier molecular flexibility index (Phi) is 5.03. The molecule has 0 aliphatic carbocycles. The predicted octanol–water partition coefficient (Wildman–Crippen LogP) is -1.67. The summed E-state index contributed by atoms with van der Waals surface area (Å²) in [7, 11) is -4.33. The van der Waals surface area contributed by atoms with Crippen LogP contribution < -0.4 is 0 Å². The lowest BCUT2D eigenvalue weighted by molar-refractivity contribution is -0.285. The molecule has 22 heavy (non-hydrogen) atoms. The molecule has 1 aromatic carbocycles. The minimum atomic E-state index is -4.33. The summed E-state index contributed by atoms with van der Waals surface area (Å²) >= 11 is 0. The fourth-order valence-corrected chi connectivity index (χ4v) is 2.85. The maximum Gasteiger partial charge on any atom is 0.271 e. The number of hydrogen-bond acceptors (Lipinski definition) is 8. The first kappa shape index (κ1) is 15.8. The van der Waals surface area contributed by atoms with Gasteiger partial charge < -0.3 is 25.2 Å². The van der Waals surface area contributed by atoms with Crippen molar-refractivity contribution < 1.29 is 39.1 Å². The first-order chi connectivity index (χ1) is 10.7. The Morgan fingerprint density at radius 1 is 1.09 bits per heavy atom. The number of rotatable bonds is 5. The molecule has 1 fully saturated rings. The highest BCUT2D eigenvalue weighted by Crippen LogP contribution is 2.21. The first-order valence-corrected chi connectivity index (χ1v) is 7.94. The van der Waals surface area contributed by atoms with Gasteiger partial charge in [-0.05, 0) is 5.56 Å². The highest BCUT2D eigenvalue weighted by Gasteiger charge is 2.43. The number of hydrogen-bond donors (Lipinski definition) is 4. The second-order valence-corrected chi connectivity index (χ2v) is 6.30. The van der Waals surface area contributed by atoms with Crippen LogP contribution in [0, 0.1) is 0 Å². The fraction of sp³-hybridized carbons (Fsp3) is 0.538. The van der Waals surface area contributed by atoms with E-state index < -0.39 is 53.2 Å². The van der Waals surface area contributed by atoms with Gasteiger partial charge in [-0.1, -0.05) is 30.3 Å².